The number of para-hydroxylation sites is 1. The van der Waals surface area contributed by atoms with E-state index >= 15 is 0 Å². The molecule has 29 heavy (non-hydrogen) atoms. The molecule has 1 N–H and O–H groups in total. The van der Waals surface area contributed by atoms with Crippen LogP contribution in [0.15, 0.2) is 58.5 Å². The van der Waals surface area contributed by atoms with Gasteiger partial charge in [0.15, 0.2) is 5.16 Å². The molecule has 1 heterocycles. The minimum atomic E-state index is -0.408. The topological polar surface area (TPSA) is 82.5 Å². The molecule has 0 atom stereocenters. The number of non-ortho nitro benzene ring substituents is 1. The van der Waals surface area contributed by atoms with Crippen LogP contribution in [0.4, 0.5) is 5.69 Å². The van der Waals surface area contributed by atoms with Crippen LogP contribution in [0.5, 0.6) is 0 Å². The van der Waals surface area contributed by atoms with Crippen LogP contribution in [0.2, 0.25) is 0 Å². The Kier molecular flexibility index (Phi) is 7.00. The average molecular weight is 414 g/mol. The van der Waals surface area contributed by atoms with Gasteiger partial charge in [0.05, 0.1) is 42.0 Å². The second-order valence-corrected chi connectivity index (χ2v) is 7.73. The van der Waals surface area contributed by atoms with Gasteiger partial charge in [0.25, 0.3) is 11.2 Å². The second kappa shape index (κ2) is 9.67. The highest BCUT2D eigenvalue weighted by atomic mass is 32.2. The van der Waals surface area contributed by atoms with E-state index in [0.29, 0.717) is 28.4 Å². The number of fused-ring (bicyclic) bond motifs is 1. The number of nitro benzene ring substituents is 1. The molecule has 3 rings (SSSR count). The van der Waals surface area contributed by atoms with E-state index in [4.69, 9.17) is 4.98 Å². The molecule has 0 fully saturated rings. The Balaban J connectivity index is 1.88. The molecule has 0 amide bonds. The van der Waals surface area contributed by atoms with Crippen molar-refractivity contribution in [3.63, 3.8) is 0 Å². The van der Waals surface area contributed by atoms with E-state index < -0.39 is 4.92 Å². The first-order valence-corrected chi connectivity index (χ1v) is 10.7. The lowest BCUT2D eigenvalue weighted by Gasteiger charge is -2.18. The number of nitrogens with one attached hydrogen (secondary N) is 1. The van der Waals surface area contributed by atoms with Gasteiger partial charge in [-0.2, -0.15) is 0 Å². The van der Waals surface area contributed by atoms with E-state index in [1.54, 1.807) is 16.7 Å². The molecule has 0 aliphatic rings. The summed E-state index contributed by atoms with van der Waals surface area (Å²) in [5, 5.41) is 12.1. The zero-order chi connectivity index (χ0) is 20.8. The minimum absolute atomic E-state index is 0.0200. The molecule has 152 valence electrons. The molecule has 0 aliphatic carbocycles. The molecule has 0 unspecified atom stereocenters. The predicted octanol–water partition coefficient (Wildman–Crippen LogP) is 2.52. The molecule has 3 aromatic rings. The number of thioether (sulfide) groups is 1. The number of nitro groups is 1. The van der Waals surface area contributed by atoms with Crippen LogP contribution in [0.3, 0.4) is 0 Å². The van der Waals surface area contributed by atoms with Crippen LogP contribution in [0.25, 0.3) is 10.9 Å². The van der Waals surface area contributed by atoms with E-state index in [1.807, 2.05) is 24.3 Å². The fourth-order valence-electron chi connectivity index (χ4n) is 3.19. The highest BCUT2D eigenvalue weighted by Crippen LogP contribution is 2.23. The van der Waals surface area contributed by atoms with Crippen LogP contribution in [0.1, 0.15) is 19.4 Å². The third-order valence-corrected chi connectivity index (χ3v) is 6.08. The Hall–Kier alpha value is -2.71. The SMILES string of the molecule is CC[NH+](CC)CCn1c(SCc2ccc([N+](=O)[O-])cc2)nc2ccccc2c1=O. The molecule has 7 nitrogen and oxygen atoms in total. The smallest absolute Gasteiger partial charge is 0.269 e. The third kappa shape index (κ3) is 5.02. The molecular formula is C21H25N4O3S+. The maximum atomic E-state index is 13.1. The molecule has 0 saturated carbocycles. The molecule has 0 bridgehead atoms. The predicted molar refractivity (Wildman–Crippen MR) is 116 cm³/mol. The van der Waals surface area contributed by atoms with Gasteiger partial charge >= 0.3 is 0 Å². The van der Waals surface area contributed by atoms with Crippen LogP contribution in [-0.2, 0) is 12.3 Å². The highest BCUT2D eigenvalue weighted by molar-refractivity contribution is 7.98. The van der Waals surface area contributed by atoms with Crippen molar-refractivity contribution in [3.8, 4) is 0 Å². The Labute approximate surface area is 173 Å². The van der Waals surface area contributed by atoms with Gasteiger partial charge in [-0.05, 0) is 31.5 Å². The number of benzene rings is 2. The van der Waals surface area contributed by atoms with Crippen molar-refractivity contribution in [1.82, 2.24) is 9.55 Å². The summed E-state index contributed by atoms with van der Waals surface area (Å²) in [5.74, 6) is 0.584. The molecule has 0 radical (unpaired) electrons. The first-order valence-electron chi connectivity index (χ1n) is 9.72. The quantitative estimate of drug-likeness (QED) is 0.252. The fourth-order valence-corrected chi connectivity index (χ4v) is 4.17. The van der Waals surface area contributed by atoms with Crippen molar-refractivity contribution in [1.29, 1.82) is 0 Å². The normalized spacial score (nSPS) is 11.3. The summed E-state index contributed by atoms with van der Waals surface area (Å²) < 4.78 is 1.77. The minimum Gasteiger partial charge on any atom is -0.334 e. The Morgan fingerprint density at radius 3 is 2.45 bits per heavy atom. The number of likely N-dealkylation sites (N-methyl/N-ethyl adjacent to an activating group) is 1. The Morgan fingerprint density at radius 2 is 1.79 bits per heavy atom. The van der Waals surface area contributed by atoms with Crippen molar-refractivity contribution in [2.75, 3.05) is 19.6 Å². The fraction of sp³-hybridized carbons (Fsp3) is 0.333. The maximum absolute atomic E-state index is 13.1. The molecule has 8 heteroatoms. The number of quaternary nitrogens is 1. The van der Waals surface area contributed by atoms with Crippen LogP contribution < -0.4 is 10.5 Å². The number of hydrogen-bond acceptors (Lipinski definition) is 5. The molecule has 2 aromatic carbocycles. The van der Waals surface area contributed by atoms with E-state index in [0.717, 1.165) is 25.2 Å². The van der Waals surface area contributed by atoms with Gasteiger partial charge in [-0.1, -0.05) is 36.0 Å². The summed E-state index contributed by atoms with van der Waals surface area (Å²) in [6.45, 7) is 7.78. The lowest BCUT2D eigenvalue weighted by atomic mass is 10.2. The summed E-state index contributed by atoms with van der Waals surface area (Å²) in [6, 6.07) is 13.9. The van der Waals surface area contributed by atoms with E-state index in [1.165, 1.54) is 28.8 Å². The van der Waals surface area contributed by atoms with Gasteiger partial charge in [-0.15, -0.1) is 0 Å². The van der Waals surface area contributed by atoms with Gasteiger partial charge in [0.1, 0.15) is 0 Å². The number of rotatable bonds is 9. The number of nitrogens with zero attached hydrogens (tertiary/aromatic N) is 3. The van der Waals surface area contributed by atoms with Gasteiger partial charge < -0.3 is 4.90 Å². The van der Waals surface area contributed by atoms with E-state index in [9.17, 15) is 14.9 Å². The maximum Gasteiger partial charge on any atom is 0.269 e. The lowest BCUT2D eigenvalue weighted by molar-refractivity contribution is -0.897. The van der Waals surface area contributed by atoms with Crippen LogP contribution in [0, 0.1) is 10.1 Å². The largest absolute Gasteiger partial charge is 0.334 e. The lowest BCUT2D eigenvalue weighted by Crippen LogP contribution is -3.11. The Morgan fingerprint density at radius 1 is 1.10 bits per heavy atom. The van der Waals surface area contributed by atoms with Crippen molar-refractivity contribution in [2.24, 2.45) is 0 Å². The summed E-state index contributed by atoms with van der Waals surface area (Å²) in [6.07, 6.45) is 0. The standard InChI is InChI=1S/C21H24N4O3S/c1-3-23(4-2)13-14-24-20(26)18-7-5-6-8-19(18)22-21(24)29-15-16-9-11-17(12-10-16)25(27)28/h5-12H,3-4,13-15H2,1-2H3/p+1. The second-order valence-electron chi connectivity index (χ2n) is 6.79. The average Bonchev–Trinajstić information content (AvgIpc) is 2.74. The molecular weight excluding hydrogens is 388 g/mol. The zero-order valence-electron chi connectivity index (χ0n) is 16.6. The van der Waals surface area contributed by atoms with E-state index in [-0.39, 0.29) is 11.2 Å². The molecule has 0 saturated heterocycles. The summed E-state index contributed by atoms with van der Waals surface area (Å²) >= 11 is 1.48. The summed E-state index contributed by atoms with van der Waals surface area (Å²) in [7, 11) is 0. The molecule has 0 spiro atoms. The zero-order valence-corrected chi connectivity index (χ0v) is 17.4. The molecule has 0 aliphatic heterocycles. The highest BCUT2D eigenvalue weighted by Gasteiger charge is 2.14. The first-order chi connectivity index (χ1) is 14.0. The van der Waals surface area contributed by atoms with Gasteiger partial charge in [0, 0.05) is 17.9 Å². The van der Waals surface area contributed by atoms with Crippen LogP contribution in [-0.4, -0.2) is 34.1 Å². The summed E-state index contributed by atoms with van der Waals surface area (Å²) in [5.41, 5.74) is 1.69. The first kappa shape index (κ1) is 21.0. The Bertz CT molecular complexity index is 1050. The number of aromatic nitrogens is 2. The van der Waals surface area contributed by atoms with Crippen LogP contribution >= 0.6 is 11.8 Å². The van der Waals surface area contributed by atoms with Crippen molar-refractivity contribution < 1.29 is 9.82 Å². The van der Waals surface area contributed by atoms with Crippen molar-refractivity contribution >= 4 is 28.4 Å². The van der Waals surface area contributed by atoms with Gasteiger partial charge in [0.2, 0.25) is 0 Å². The molecule has 1 aromatic heterocycles. The van der Waals surface area contributed by atoms with Gasteiger partial charge in [-0.3, -0.25) is 19.5 Å². The van der Waals surface area contributed by atoms with Gasteiger partial charge in [-0.25, -0.2) is 4.98 Å². The van der Waals surface area contributed by atoms with Crippen molar-refractivity contribution in [3.05, 3.63) is 74.6 Å². The monoisotopic (exact) mass is 413 g/mol. The van der Waals surface area contributed by atoms with Crippen molar-refractivity contribution in [2.45, 2.75) is 31.3 Å². The number of hydrogen-bond donors (Lipinski definition) is 1. The van der Waals surface area contributed by atoms with E-state index in [2.05, 4.69) is 13.8 Å². The summed E-state index contributed by atoms with van der Waals surface area (Å²) in [4.78, 5) is 29.7. The third-order valence-electron chi connectivity index (χ3n) is 5.03.